The summed E-state index contributed by atoms with van der Waals surface area (Å²) in [6, 6.07) is 4.76. The number of carbonyl (C=O) groups is 2. The van der Waals surface area contributed by atoms with E-state index < -0.39 is 0 Å². The van der Waals surface area contributed by atoms with E-state index in [9.17, 15) is 14.4 Å². The molecule has 0 radical (unpaired) electrons. The Morgan fingerprint density at radius 2 is 2.23 bits per heavy atom. The van der Waals surface area contributed by atoms with E-state index >= 15 is 0 Å². The van der Waals surface area contributed by atoms with Gasteiger partial charge in [0.25, 0.3) is 5.91 Å². The third kappa shape index (κ3) is 3.85. The molecule has 0 aromatic carbocycles. The standard InChI is InChI=1S/C18H19N3O5/c1-25-16-12-21-9-8-20(18(24)14(21)11-15(16)22)7-6-19-17(23)5-4-13-3-2-10-26-13/h2-5,10-12H,6-9H2,1H3,(H,19,23). The van der Waals surface area contributed by atoms with E-state index in [1.807, 2.05) is 0 Å². The van der Waals surface area contributed by atoms with Gasteiger partial charge in [0.2, 0.25) is 11.3 Å². The van der Waals surface area contributed by atoms with Crippen LogP contribution in [0.1, 0.15) is 16.2 Å². The van der Waals surface area contributed by atoms with E-state index in [2.05, 4.69) is 5.32 Å². The van der Waals surface area contributed by atoms with Crippen LogP contribution in [0.4, 0.5) is 0 Å². The molecule has 2 aromatic heterocycles. The van der Waals surface area contributed by atoms with Crippen LogP contribution in [0.25, 0.3) is 6.08 Å². The number of methoxy groups -OCH3 is 1. The minimum atomic E-state index is -0.328. The second kappa shape index (κ2) is 7.73. The number of aromatic nitrogens is 1. The molecular weight excluding hydrogens is 338 g/mol. The number of amides is 2. The van der Waals surface area contributed by atoms with Crippen LogP contribution < -0.4 is 15.5 Å². The van der Waals surface area contributed by atoms with Gasteiger partial charge in [-0.2, -0.15) is 0 Å². The maximum Gasteiger partial charge on any atom is 0.270 e. The topological polar surface area (TPSA) is 93.8 Å². The molecule has 136 valence electrons. The summed E-state index contributed by atoms with van der Waals surface area (Å²) in [7, 11) is 1.42. The van der Waals surface area contributed by atoms with Crippen molar-refractivity contribution in [1.29, 1.82) is 0 Å². The minimum absolute atomic E-state index is 0.214. The summed E-state index contributed by atoms with van der Waals surface area (Å²) in [4.78, 5) is 37.8. The maximum absolute atomic E-state index is 12.5. The molecule has 0 unspecified atom stereocenters. The first-order valence-electron chi connectivity index (χ1n) is 8.15. The van der Waals surface area contributed by atoms with E-state index in [0.717, 1.165) is 0 Å². The molecule has 0 spiro atoms. The molecule has 8 nitrogen and oxygen atoms in total. The van der Waals surface area contributed by atoms with Gasteiger partial charge < -0.3 is 23.9 Å². The van der Waals surface area contributed by atoms with E-state index in [0.29, 0.717) is 37.6 Å². The van der Waals surface area contributed by atoms with Crippen LogP contribution in [0.15, 0.2) is 45.9 Å². The van der Waals surface area contributed by atoms with Gasteiger partial charge in [0.05, 0.1) is 19.6 Å². The van der Waals surface area contributed by atoms with Crippen molar-refractivity contribution in [3.05, 3.63) is 58.4 Å². The number of nitrogens with one attached hydrogen (secondary N) is 1. The van der Waals surface area contributed by atoms with Crippen molar-refractivity contribution in [3.63, 3.8) is 0 Å². The number of fused-ring (bicyclic) bond motifs is 1. The number of pyridine rings is 1. The number of carbonyl (C=O) groups excluding carboxylic acids is 2. The fourth-order valence-corrected chi connectivity index (χ4v) is 2.70. The minimum Gasteiger partial charge on any atom is -0.491 e. The van der Waals surface area contributed by atoms with Gasteiger partial charge in [0.1, 0.15) is 11.5 Å². The number of ether oxygens (including phenoxy) is 1. The summed E-state index contributed by atoms with van der Waals surface area (Å²) in [5.41, 5.74) is -0.00333. The zero-order valence-corrected chi connectivity index (χ0v) is 14.3. The Hall–Kier alpha value is -3.29. The summed E-state index contributed by atoms with van der Waals surface area (Å²) in [5.74, 6) is 0.290. The van der Waals surface area contributed by atoms with Crippen LogP contribution in [0.2, 0.25) is 0 Å². The first-order chi connectivity index (χ1) is 12.6. The smallest absolute Gasteiger partial charge is 0.270 e. The molecule has 3 rings (SSSR count). The summed E-state index contributed by atoms with van der Waals surface area (Å²) < 4.78 is 11.8. The van der Waals surface area contributed by atoms with Crippen LogP contribution in [0.3, 0.4) is 0 Å². The fraction of sp³-hybridized carbons (Fsp3) is 0.278. The highest BCUT2D eigenvalue weighted by Gasteiger charge is 2.24. The molecule has 0 saturated heterocycles. The first kappa shape index (κ1) is 17.5. The second-order valence-electron chi connectivity index (χ2n) is 5.72. The predicted molar refractivity (Wildman–Crippen MR) is 93.9 cm³/mol. The maximum atomic E-state index is 12.5. The van der Waals surface area contributed by atoms with Crippen molar-refractivity contribution in [2.75, 3.05) is 26.7 Å². The predicted octanol–water partition coefficient (Wildman–Crippen LogP) is 0.735. The van der Waals surface area contributed by atoms with Crippen molar-refractivity contribution in [3.8, 4) is 5.75 Å². The third-order valence-corrected chi connectivity index (χ3v) is 4.05. The SMILES string of the molecule is COc1cn2c(cc1=O)C(=O)N(CCNC(=O)C=Cc1ccco1)CC2. The Balaban J connectivity index is 1.55. The Kier molecular flexibility index (Phi) is 5.21. The van der Waals surface area contributed by atoms with E-state index in [4.69, 9.17) is 9.15 Å². The zero-order valence-electron chi connectivity index (χ0n) is 14.3. The molecule has 1 N–H and O–H groups in total. The highest BCUT2D eigenvalue weighted by atomic mass is 16.5. The molecule has 0 bridgehead atoms. The molecule has 0 saturated carbocycles. The van der Waals surface area contributed by atoms with Crippen LogP contribution in [-0.4, -0.2) is 48.0 Å². The lowest BCUT2D eigenvalue weighted by Gasteiger charge is -2.30. The molecule has 26 heavy (non-hydrogen) atoms. The van der Waals surface area contributed by atoms with Crippen LogP contribution >= 0.6 is 0 Å². The first-order valence-corrected chi connectivity index (χ1v) is 8.15. The monoisotopic (exact) mass is 357 g/mol. The van der Waals surface area contributed by atoms with Gasteiger partial charge in [0.15, 0.2) is 5.75 Å². The fourth-order valence-electron chi connectivity index (χ4n) is 2.70. The lowest BCUT2D eigenvalue weighted by Crippen LogP contribution is -2.44. The van der Waals surface area contributed by atoms with Gasteiger partial charge in [-0.15, -0.1) is 0 Å². The van der Waals surface area contributed by atoms with Crippen molar-refractivity contribution in [2.45, 2.75) is 6.54 Å². The Morgan fingerprint density at radius 3 is 2.96 bits per heavy atom. The lowest BCUT2D eigenvalue weighted by atomic mass is 10.2. The van der Waals surface area contributed by atoms with Crippen molar-refractivity contribution >= 4 is 17.9 Å². The molecule has 3 heterocycles. The van der Waals surface area contributed by atoms with E-state index in [1.54, 1.807) is 33.9 Å². The Labute approximate surface area is 149 Å². The lowest BCUT2D eigenvalue weighted by molar-refractivity contribution is -0.116. The average molecular weight is 357 g/mol. The normalized spacial score (nSPS) is 13.7. The van der Waals surface area contributed by atoms with Crippen molar-refractivity contribution in [2.24, 2.45) is 0 Å². The quantitative estimate of drug-likeness (QED) is 0.770. The largest absolute Gasteiger partial charge is 0.491 e. The van der Waals surface area contributed by atoms with Gasteiger partial charge in [-0.25, -0.2) is 0 Å². The average Bonchev–Trinajstić information content (AvgIpc) is 3.15. The summed E-state index contributed by atoms with van der Waals surface area (Å²) in [5, 5.41) is 2.72. The van der Waals surface area contributed by atoms with Gasteiger partial charge in [-0.3, -0.25) is 14.4 Å². The molecular formula is C18H19N3O5. The highest BCUT2D eigenvalue weighted by Crippen LogP contribution is 2.14. The molecule has 8 heteroatoms. The second-order valence-corrected chi connectivity index (χ2v) is 5.72. The van der Waals surface area contributed by atoms with Crippen LogP contribution in [0.5, 0.6) is 5.75 Å². The summed E-state index contributed by atoms with van der Waals surface area (Å²) in [6.45, 7) is 1.73. The molecule has 0 atom stereocenters. The number of nitrogens with zero attached hydrogens (tertiary/aromatic N) is 2. The van der Waals surface area contributed by atoms with Crippen molar-refractivity contribution < 1.29 is 18.7 Å². The number of hydrogen-bond acceptors (Lipinski definition) is 5. The molecule has 2 amide bonds. The summed E-state index contributed by atoms with van der Waals surface area (Å²) >= 11 is 0. The number of rotatable bonds is 6. The number of hydrogen-bond donors (Lipinski definition) is 1. The van der Waals surface area contributed by atoms with Gasteiger partial charge in [-0.05, 0) is 18.2 Å². The van der Waals surface area contributed by atoms with Crippen molar-refractivity contribution in [1.82, 2.24) is 14.8 Å². The van der Waals surface area contributed by atoms with E-state index in [-0.39, 0.29) is 23.0 Å². The van der Waals surface area contributed by atoms with Gasteiger partial charge in [-0.1, -0.05) is 0 Å². The molecule has 1 aliphatic rings. The molecule has 1 aliphatic heterocycles. The van der Waals surface area contributed by atoms with Crippen LogP contribution in [0, 0.1) is 0 Å². The molecule has 2 aromatic rings. The Morgan fingerprint density at radius 1 is 1.38 bits per heavy atom. The third-order valence-electron chi connectivity index (χ3n) is 4.05. The molecule has 0 fully saturated rings. The zero-order chi connectivity index (χ0) is 18.5. The van der Waals surface area contributed by atoms with Crippen LogP contribution in [-0.2, 0) is 11.3 Å². The highest BCUT2D eigenvalue weighted by molar-refractivity contribution is 5.93. The summed E-state index contributed by atoms with van der Waals surface area (Å²) in [6.07, 6.45) is 6.02. The van der Waals surface area contributed by atoms with E-state index in [1.165, 1.54) is 25.5 Å². The van der Waals surface area contributed by atoms with Gasteiger partial charge >= 0.3 is 0 Å². The Bertz CT molecular complexity index is 883. The number of furan rings is 1. The molecule has 0 aliphatic carbocycles. The van der Waals surface area contributed by atoms with Gasteiger partial charge in [0, 0.05) is 38.3 Å².